The number of nitrogens with zero attached hydrogens (tertiary/aromatic N) is 1. The van der Waals surface area contributed by atoms with Gasteiger partial charge in [0.05, 0.1) is 16.6 Å². The van der Waals surface area contributed by atoms with Crippen LogP contribution in [0.1, 0.15) is 16.4 Å². The summed E-state index contributed by atoms with van der Waals surface area (Å²) < 4.78 is 5.55. The fourth-order valence-corrected chi connectivity index (χ4v) is 4.94. The summed E-state index contributed by atoms with van der Waals surface area (Å²) in [6, 6.07) is 22.2. The number of halogens is 1. The largest absolute Gasteiger partial charge is 0.487 e. The normalized spacial score (nSPS) is 17.7. The Kier molecular flexibility index (Phi) is 4.49. The van der Waals surface area contributed by atoms with E-state index in [0.717, 1.165) is 33.1 Å². The van der Waals surface area contributed by atoms with Crippen LogP contribution in [0.5, 0.6) is 5.75 Å². The summed E-state index contributed by atoms with van der Waals surface area (Å²) in [7, 11) is 0.405. The van der Waals surface area contributed by atoms with Gasteiger partial charge in [-0.25, -0.2) is 0 Å². The lowest BCUT2D eigenvalue weighted by Crippen LogP contribution is -2.36. The molecule has 3 aromatic carbocycles. The number of carbonyl (C=O) groups is 1. The maximum Gasteiger partial charge on any atom is 0.248 e. The monoisotopic (exact) mass is 403 g/mol. The van der Waals surface area contributed by atoms with E-state index >= 15 is 0 Å². The van der Waals surface area contributed by atoms with Gasteiger partial charge in [0.2, 0.25) is 7.28 Å². The summed E-state index contributed by atoms with van der Waals surface area (Å²) in [5.74, 6) is 0.784. The first-order valence-corrected chi connectivity index (χ1v) is 10.3. The molecule has 2 aliphatic rings. The topological polar surface area (TPSA) is 38.7 Å². The predicted molar refractivity (Wildman–Crippen MR) is 116 cm³/mol. The average molecular weight is 404 g/mol. The van der Waals surface area contributed by atoms with E-state index in [0.29, 0.717) is 12.3 Å². The van der Waals surface area contributed by atoms with E-state index in [9.17, 15) is 4.79 Å². The molecule has 0 aromatic heterocycles. The Morgan fingerprint density at radius 1 is 1.07 bits per heavy atom. The fourth-order valence-electron chi connectivity index (χ4n) is 3.56. The first-order valence-electron chi connectivity index (χ1n) is 9.05. The van der Waals surface area contributed by atoms with Crippen LogP contribution in [0, 0.1) is 0 Å². The van der Waals surface area contributed by atoms with E-state index in [1.165, 1.54) is 5.56 Å². The molecule has 0 radical (unpaired) electrons. The van der Waals surface area contributed by atoms with E-state index in [1.807, 2.05) is 54.6 Å². The molecule has 6 heteroatoms. The number of hydrogen-bond donors (Lipinski definition) is 0. The molecule has 0 saturated carbocycles. The molecule has 0 N–H and O–H groups in total. The van der Waals surface area contributed by atoms with Gasteiger partial charge < -0.3 is 9.53 Å². The van der Waals surface area contributed by atoms with Crippen LogP contribution in [0.25, 0.3) is 0 Å². The highest BCUT2D eigenvalue weighted by molar-refractivity contribution is 8.00. The van der Waals surface area contributed by atoms with Crippen molar-refractivity contribution >= 4 is 53.2 Å². The van der Waals surface area contributed by atoms with Crippen molar-refractivity contribution in [1.82, 2.24) is 0 Å². The van der Waals surface area contributed by atoms with Crippen LogP contribution in [-0.4, -0.2) is 25.3 Å². The molecule has 1 unspecified atom stereocenters. The quantitative estimate of drug-likeness (QED) is 0.599. The summed E-state index contributed by atoms with van der Waals surface area (Å²) in [5.41, 5.74) is 5.06. The standard InChI is InChI=1S/C22H15BClNO2S/c24-15-7-9-19-17(11-15)25-21(22(28-19)13-4-2-1-3-5-13)14-6-8-18-16(10-14)23-20(26)12-27-18/h1-11,22-23H,12H2. The zero-order chi connectivity index (χ0) is 19.1. The fraction of sp³-hybridized carbons (Fsp3) is 0.0909. The number of hydrogen-bond acceptors (Lipinski definition) is 4. The molecule has 3 aromatic rings. The minimum Gasteiger partial charge on any atom is -0.487 e. The third kappa shape index (κ3) is 3.25. The van der Waals surface area contributed by atoms with Gasteiger partial charge >= 0.3 is 0 Å². The maximum atomic E-state index is 11.8. The molecule has 0 fully saturated rings. The van der Waals surface area contributed by atoms with Crippen molar-refractivity contribution < 1.29 is 9.53 Å². The molecule has 5 rings (SSSR count). The van der Waals surface area contributed by atoms with Crippen LogP contribution in [-0.2, 0) is 4.79 Å². The maximum absolute atomic E-state index is 11.8. The van der Waals surface area contributed by atoms with Crippen molar-refractivity contribution in [2.75, 3.05) is 6.61 Å². The molecular formula is C22H15BClNO2S. The van der Waals surface area contributed by atoms with Gasteiger partial charge in [-0.1, -0.05) is 48.0 Å². The van der Waals surface area contributed by atoms with Gasteiger partial charge in [-0.05, 0) is 46.9 Å². The Balaban J connectivity index is 1.65. The lowest BCUT2D eigenvalue weighted by atomic mass is 9.64. The number of ether oxygens (including phenoxy) is 1. The van der Waals surface area contributed by atoms with Crippen LogP contribution < -0.4 is 10.2 Å². The van der Waals surface area contributed by atoms with Gasteiger partial charge in [-0.3, -0.25) is 4.99 Å². The highest BCUT2D eigenvalue weighted by Gasteiger charge is 2.28. The Labute approximate surface area is 173 Å². The summed E-state index contributed by atoms with van der Waals surface area (Å²) in [6.45, 7) is 0.154. The molecule has 0 bridgehead atoms. The Bertz CT molecular complexity index is 1120. The second-order valence-corrected chi connectivity index (χ2v) is 8.43. The van der Waals surface area contributed by atoms with E-state index in [2.05, 4.69) is 12.1 Å². The Morgan fingerprint density at radius 3 is 2.79 bits per heavy atom. The van der Waals surface area contributed by atoms with Crippen molar-refractivity contribution in [3.8, 4) is 5.75 Å². The van der Waals surface area contributed by atoms with E-state index in [4.69, 9.17) is 21.3 Å². The molecule has 2 heterocycles. The van der Waals surface area contributed by atoms with E-state index < -0.39 is 0 Å². The van der Waals surface area contributed by atoms with Crippen LogP contribution in [0.15, 0.2) is 76.6 Å². The van der Waals surface area contributed by atoms with Gasteiger partial charge in [0.25, 0.3) is 0 Å². The van der Waals surface area contributed by atoms with Crippen molar-refractivity contribution in [2.45, 2.75) is 10.1 Å². The van der Waals surface area contributed by atoms with Crippen molar-refractivity contribution in [1.29, 1.82) is 0 Å². The van der Waals surface area contributed by atoms with Crippen molar-refractivity contribution in [3.63, 3.8) is 0 Å². The molecule has 0 spiro atoms. The molecule has 0 saturated heterocycles. The first-order chi connectivity index (χ1) is 13.7. The second kappa shape index (κ2) is 7.15. The third-order valence-corrected chi connectivity index (χ3v) is 6.46. The molecule has 28 heavy (non-hydrogen) atoms. The molecule has 136 valence electrons. The molecule has 3 nitrogen and oxygen atoms in total. The lowest BCUT2D eigenvalue weighted by molar-refractivity contribution is -0.114. The number of benzene rings is 3. The summed E-state index contributed by atoms with van der Waals surface area (Å²) in [5, 5.41) is 0.734. The van der Waals surface area contributed by atoms with Crippen LogP contribution in [0.2, 0.25) is 5.02 Å². The zero-order valence-electron chi connectivity index (χ0n) is 14.9. The van der Waals surface area contributed by atoms with Crippen LogP contribution >= 0.6 is 23.4 Å². The summed E-state index contributed by atoms with van der Waals surface area (Å²) >= 11 is 7.97. The Hall–Kier alpha value is -2.50. The van der Waals surface area contributed by atoms with Gasteiger partial charge in [0, 0.05) is 9.92 Å². The SMILES string of the molecule is O=C1Bc2cc(C3=Nc4cc(Cl)ccc4SC3c3ccccc3)ccc2OC1. The third-order valence-electron chi connectivity index (χ3n) is 4.89. The average Bonchev–Trinajstić information content (AvgIpc) is 2.73. The predicted octanol–water partition coefficient (Wildman–Crippen LogP) is 4.29. The van der Waals surface area contributed by atoms with Crippen molar-refractivity contribution in [3.05, 3.63) is 82.9 Å². The number of carbonyl (C=O) groups excluding carboxylic acids is 1. The summed E-state index contributed by atoms with van der Waals surface area (Å²) in [4.78, 5) is 17.9. The minimum atomic E-state index is 0.0631. The number of rotatable bonds is 2. The summed E-state index contributed by atoms with van der Waals surface area (Å²) in [6.07, 6.45) is 0. The molecule has 1 atom stereocenters. The highest BCUT2D eigenvalue weighted by atomic mass is 35.5. The number of thioether (sulfide) groups is 1. The van der Waals surface area contributed by atoms with Gasteiger partial charge in [0.1, 0.15) is 18.0 Å². The van der Waals surface area contributed by atoms with Crippen LogP contribution in [0.3, 0.4) is 0 Å². The smallest absolute Gasteiger partial charge is 0.248 e. The van der Waals surface area contributed by atoms with Gasteiger partial charge in [-0.2, -0.15) is 0 Å². The Morgan fingerprint density at radius 2 is 1.93 bits per heavy atom. The molecule has 0 amide bonds. The zero-order valence-corrected chi connectivity index (χ0v) is 16.5. The van der Waals surface area contributed by atoms with Crippen LogP contribution in [0.4, 0.5) is 5.69 Å². The van der Waals surface area contributed by atoms with E-state index in [1.54, 1.807) is 11.8 Å². The second-order valence-electron chi connectivity index (χ2n) is 6.84. The number of aliphatic imine (C=N–C) groups is 1. The molecule has 2 aliphatic heterocycles. The van der Waals surface area contributed by atoms with Crippen molar-refractivity contribution in [2.24, 2.45) is 4.99 Å². The van der Waals surface area contributed by atoms with Gasteiger partial charge in [-0.15, -0.1) is 11.8 Å². The minimum absolute atomic E-state index is 0.0631. The highest BCUT2D eigenvalue weighted by Crippen LogP contribution is 2.47. The van der Waals surface area contributed by atoms with E-state index in [-0.39, 0.29) is 17.5 Å². The molecule has 0 aliphatic carbocycles. The van der Waals surface area contributed by atoms with Gasteiger partial charge in [0.15, 0.2) is 0 Å². The lowest BCUT2D eigenvalue weighted by Gasteiger charge is -2.26. The first kappa shape index (κ1) is 17.6. The number of fused-ring (bicyclic) bond motifs is 2. The molecular weight excluding hydrogens is 389 g/mol.